The smallest absolute Gasteiger partial charge is 0.234 e. The van der Waals surface area contributed by atoms with Gasteiger partial charge in [-0.2, -0.15) is 0 Å². The van der Waals surface area contributed by atoms with E-state index in [1.165, 1.54) is 18.3 Å². The number of anilines is 1. The van der Waals surface area contributed by atoms with Gasteiger partial charge in [0, 0.05) is 39.0 Å². The Hall–Kier alpha value is -1.51. The SMILES string of the molecule is CCN(C(C)=O)c1nc(CN(C)CC(=O)NCCOC)cs1. The predicted octanol–water partition coefficient (Wildman–Crippen LogP) is 0.710. The Bertz CT molecular complexity index is 492. The molecule has 0 radical (unpaired) electrons. The van der Waals surface area contributed by atoms with Crippen molar-refractivity contribution in [2.75, 3.05) is 45.3 Å². The standard InChI is InChI=1S/C14H24N4O3S/c1-5-18(11(2)19)14-16-12(10-22-14)8-17(3)9-13(20)15-6-7-21-4/h10H,5-9H2,1-4H3,(H,15,20). The normalized spacial score (nSPS) is 10.8. The summed E-state index contributed by atoms with van der Waals surface area (Å²) < 4.78 is 4.88. The minimum atomic E-state index is -0.0473. The summed E-state index contributed by atoms with van der Waals surface area (Å²) in [5, 5.41) is 5.39. The maximum atomic E-state index is 11.7. The van der Waals surface area contributed by atoms with Gasteiger partial charge in [-0.25, -0.2) is 4.98 Å². The van der Waals surface area contributed by atoms with Crippen LogP contribution in [0, 0.1) is 0 Å². The molecular weight excluding hydrogens is 304 g/mol. The number of amides is 2. The Morgan fingerprint density at radius 1 is 1.45 bits per heavy atom. The average molecular weight is 328 g/mol. The fraction of sp³-hybridized carbons (Fsp3) is 0.643. The van der Waals surface area contributed by atoms with Crippen molar-refractivity contribution in [1.82, 2.24) is 15.2 Å². The summed E-state index contributed by atoms with van der Waals surface area (Å²) in [6, 6.07) is 0. The fourth-order valence-electron chi connectivity index (χ4n) is 1.91. The van der Waals surface area contributed by atoms with Gasteiger partial charge in [0.05, 0.1) is 18.8 Å². The topological polar surface area (TPSA) is 74.8 Å². The summed E-state index contributed by atoms with van der Waals surface area (Å²) in [6.07, 6.45) is 0. The van der Waals surface area contributed by atoms with Crippen molar-refractivity contribution in [3.8, 4) is 0 Å². The molecule has 1 N–H and O–H groups in total. The van der Waals surface area contributed by atoms with Crippen LogP contribution in [0.15, 0.2) is 5.38 Å². The number of rotatable bonds is 9. The van der Waals surface area contributed by atoms with Gasteiger partial charge in [0.15, 0.2) is 5.13 Å². The Kier molecular flexibility index (Phi) is 8.00. The van der Waals surface area contributed by atoms with Gasteiger partial charge in [-0.15, -0.1) is 11.3 Å². The van der Waals surface area contributed by atoms with Crippen LogP contribution in [0.4, 0.5) is 5.13 Å². The molecule has 0 atom stereocenters. The Balaban J connectivity index is 2.48. The first-order valence-corrected chi connectivity index (χ1v) is 8.02. The van der Waals surface area contributed by atoms with Crippen LogP contribution in [0.1, 0.15) is 19.5 Å². The van der Waals surface area contributed by atoms with Gasteiger partial charge in [0.2, 0.25) is 11.8 Å². The molecule has 0 fully saturated rings. The molecular formula is C14H24N4O3S. The number of nitrogens with zero attached hydrogens (tertiary/aromatic N) is 3. The van der Waals surface area contributed by atoms with Crippen LogP contribution >= 0.6 is 11.3 Å². The van der Waals surface area contributed by atoms with Gasteiger partial charge >= 0.3 is 0 Å². The lowest BCUT2D eigenvalue weighted by atomic mass is 10.4. The molecule has 1 rings (SSSR count). The Morgan fingerprint density at radius 3 is 2.77 bits per heavy atom. The van der Waals surface area contributed by atoms with Crippen molar-refractivity contribution in [2.45, 2.75) is 20.4 Å². The summed E-state index contributed by atoms with van der Waals surface area (Å²) in [4.78, 5) is 31.2. The first-order chi connectivity index (χ1) is 10.5. The van der Waals surface area contributed by atoms with Crippen LogP contribution in [0.5, 0.6) is 0 Å². The number of methoxy groups -OCH3 is 1. The van der Waals surface area contributed by atoms with Crippen LogP contribution < -0.4 is 10.2 Å². The monoisotopic (exact) mass is 328 g/mol. The molecule has 0 aromatic carbocycles. The summed E-state index contributed by atoms with van der Waals surface area (Å²) in [7, 11) is 3.45. The van der Waals surface area contributed by atoms with Crippen molar-refractivity contribution in [3.05, 3.63) is 11.1 Å². The molecule has 124 valence electrons. The third-order valence-corrected chi connectivity index (χ3v) is 3.85. The maximum absolute atomic E-state index is 11.7. The van der Waals surface area contributed by atoms with Gasteiger partial charge in [-0.1, -0.05) is 0 Å². The highest BCUT2D eigenvalue weighted by atomic mass is 32.1. The fourth-order valence-corrected chi connectivity index (χ4v) is 2.84. The molecule has 0 saturated heterocycles. The van der Waals surface area contributed by atoms with Crippen LogP contribution in [0.25, 0.3) is 0 Å². The molecule has 1 heterocycles. The zero-order valence-electron chi connectivity index (χ0n) is 13.6. The summed E-state index contributed by atoms with van der Waals surface area (Å²) >= 11 is 1.44. The first kappa shape index (κ1) is 18.5. The maximum Gasteiger partial charge on any atom is 0.234 e. The molecule has 2 amide bonds. The highest BCUT2D eigenvalue weighted by Gasteiger charge is 2.14. The molecule has 0 unspecified atom stereocenters. The molecule has 1 aromatic heterocycles. The van der Waals surface area contributed by atoms with E-state index in [0.29, 0.717) is 37.9 Å². The van der Waals surface area contributed by atoms with E-state index in [0.717, 1.165) is 5.69 Å². The van der Waals surface area contributed by atoms with Gasteiger partial charge in [0.25, 0.3) is 0 Å². The number of nitrogens with one attached hydrogen (secondary N) is 1. The highest BCUT2D eigenvalue weighted by molar-refractivity contribution is 7.14. The molecule has 0 spiro atoms. The van der Waals surface area contributed by atoms with Crippen molar-refractivity contribution < 1.29 is 14.3 Å². The van der Waals surface area contributed by atoms with Crippen LogP contribution in [-0.4, -0.2) is 62.1 Å². The van der Waals surface area contributed by atoms with E-state index in [1.54, 1.807) is 12.0 Å². The van der Waals surface area contributed by atoms with Gasteiger partial charge in [-0.3, -0.25) is 19.4 Å². The molecule has 0 bridgehead atoms. The average Bonchev–Trinajstić information content (AvgIpc) is 2.87. The van der Waals surface area contributed by atoms with Crippen molar-refractivity contribution >= 4 is 28.3 Å². The molecule has 8 heteroatoms. The van der Waals surface area contributed by atoms with E-state index in [1.807, 2.05) is 24.3 Å². The second-order valence-electron chi connectivity index (χ2n) is 4.90. The van der Waals surface area contributed by atoms with E-state index in [4.69, 9.17) is 4.74 Å². The summed E-state index contributed by atoms with van der Waals surface area (Å²) in [6.45, 7) is 5.90. The molecule has 0 aliphatic carbocycles. The van der Waals surface area contributed by atoms with E-state index < -0.39 is 0 Å². The van der Waals surface area contributed by atoms with Crippen molar-refractivity contribution in [1.29, 1.82) is 0 Å². The number of likely N-dealkylation sites (N-methyl/N-ethyl adjacent to an activating group) is 1. The molecule has 1 aromatic rings. The molecule has 0 aliphatic rings. The van der Waals surface area contributed by atoms with Gasteiger partial charge in [-0.05, 0) is 14.0 Å². The van der Waals surface area contributed by atoms with E-state index in [2.05, 4.69) is 10.3 Å². The predicted molar refractivity (Wildman–Crippen MR) is 87.0 cm³/mol. The number of carbonyl (C=O) groups excluding carboxylic acids is 2. The van der Waals surface area contributed by atoms with Crippen LogP contribution in [0.3, 0.4) is 0 Å². The lowest BCUT2D eigenvalue weighted by Crippen LogP contribution is -2.36. The zero-order chi connectivity index (χ0) is 16.5. The van der Waals surface area contributed by atoms with E-state index in [9.17, 15) is 9.59 Å². The number of thiazole rings is 1. The van der Waals surface area contributed by atoms with Gasteiger partial charge in [0.1, 0.15) is 0 Å². The third kappa shape index (κ3) is 6.08. The largest absolute Gasteiger partial charge is 0.383 e. The van der Waals surface area contributed by atoms with E-state index >= 15 is 0 Å². The lowest BCUT2D eigenvalue weighted by Gasteiger charge is -2.16. The molecule has 7 nitrogen and oxygen atoms in total. The van der Waals surface area contributed by atoms with Gasteiger partial charge < -0.3 is 10.1 Å². The first-order valence-electron chi connectivity index (χ1n) is 7.14. The number of aromatic nitrogens is 1. The van der Waals surface area contributed by atoms with Crippen molar-refractivity contribution in [3.63, 3.8) is 0 Å². The summed E-state index contributed by atoms with van der Waals surface area (Å²) in [5.41, 5.74) is 0.854. The number of ether oxygens (including phenoxy) is 1. The van der Waals surface area contributed by atoms with Crippen LogP contribution in [0.2, 0.25) is 0 Å². The molecule has 0 saturated carbocycles. The molecule has 0 aliphatic heterocycles. The quantitative estimate of drug-likeness (QED) is 0.676. The second-order valence-corrected chi connectivity index (χ2v) is 5.74. The van der Waals surface area contributed by atoms with E-state index in [-0.39, 0.29) is 11.8 Å². The van der Waals surface area contributed by atoms with Crippen LogP contribution in [-0.2, 0) is 20.9 Å². The second kappa shape index (κ2) is 9.50. The number of hydrogen-bond acceptors (Lipinski definition) is 6. The highest BCUT2D eigenvalue weighted by Crippen LogP contribution is 2.21. The third-order valence-electron chi connectivity index (χ3n) is 2.94. The molecule has 22 heavy (non-hydrogen) atoms. The summed E-state index contributed by atoms with van der Waals surface area (Å²) in [5.74, 6) is -0.0665. The number of carbonyl (C=O) groups is 2. The Morgan fingerprint density at radius 2 is 2.18 bits per heavy atom. The number of hydrogen-bond donors (Lipinski definition) is 1. The minimum absolute atomic E-state index is 0.0192. The lowest BCUT2D eigenvalue weighted by molar-refractivity contribution is -0.122. The minimum Gasteiger partial charge on any atom is -0.383 e. The van der Waals surface area contributed by atoms with Crippen molar-refractivity contribution in [2.24, 2.45) is 0 Å². The Labute approximate surface area is 135 Å². The zero-order valence-corrected chi connectivity index (χ0v) is 14.4.